The summed E-state index contributed by atoms with van der Waals surface area (Å²) in [6.07, 6.45) is 0.694. The zero-order chi connectivity index (χ0) is 18.9. The van der Waals surface area contributed by atoms with Crippen LogP contribution in [0.3, 0.4) is 0 Å². The molecule has 2 N–H and O–H groups in total. The number of guanidine groups is 1. The topological polar surface area (TPSA) is 67.9 Å². The largest absolute Gasteiger partial charge is 0.497 e. The van der Waals surface area contributed by atoms with Crippen molar-refractivity contribution in [2.75, 3.05) is 14.2 Å². The minimum Gasteiger partial charge on any atom is -0.497 e. The normalized spacial score (nSPS) is 22.9. The first-order valence-corrected chi connectivity index (χ1v) is 8.78. The Kier molecular flexibility index (Phi) is 4.72. The van der Waals surface area contributed by atoms with E-state index in [1.54, 1.807) is 14.2 Å². The number of aliphatic imine (C=N–C) groups is 1. The Morgan fingerprint density at radius 1 is 1.19 bits per heavy atom. The van der Waals surface area contributed by atoms with E-state index >= 15 is 0 Å². The van der Waals surface area contributed by atoms with E-state index < -0.39 is 5.54 Å². The molecule has 0 spiro atoms. The van der Waals surface area contributed by atoms with Gasteiger partial charge in [0.1, 0.15) is 5.75 Å². The van der Waals surface area contributed by atoms with E-state index in [1.165, 1.54) is 4.90 Å². The number of methoxy groups -OCH3 is 1. The summed E-state index contributed by atoms with van der Waals surface area (Å²) in [5, 5.41) is 0. The second-order valence-corrected chi connectivity index (χ2v) is 6.79. The lowest BCUT2D eigenvalue weighted by Gasteiger charge is -2.40. The molecule has 0 aromatic heterocycles. The van der Waals surface area contributed by atoms with Crippen molar-refractivity contribution < 1.29 is 9.53 Å². The van der Waals surface area contributed by atoms with Gasteiger partial charge in [0.15, 0.2) is 5.96 Å². The van der Waals surface area contributed by atoms with Gasteiger partial charge in [-0.1, -0.05) is 37.3 Å². The first kappa shape index (κ1) is 18.0. The molecule has 3 rings (SSSR count). The number of hydrogen-bond donors (Lipinski definition) is 1. The van der Waals surface area contributed by atoms with Crippen LogP contribution in [0.1, 0.15) is 25.8 Å². The Hall–Kier alpha value is -2.82. The molecule has 0 fully saturated rings. The molecule has 5 heteroatoms. The van der Waals surface area contributed by atoms with Crippen LogP contribution in [0, 0.1) is 5.92 Å². The van der Waals surface area contributed by atoms with Crippen molar-refractivity contribution in [3.05, 3.63) is 54.1 Å². The number of rotatable bonds is 4. The number of benzene rings is 2. The minimum absolute atomic E-state index is 0.00860. The van der Waals surface area contributed by atoms with E-state index in [-0.39, 0.29) is 17.8 Å². The first-order valence-electron chi connectivity index (χ1n) is 8.78. The first-order chi connectivity index (χ1) is 12.4. The maximum Gasteiger partial charge on any atom is 0.234 e. The fourth-order valence-electron chi connectivity index (χ4n) is 3.63. The third-order valence-electron chi connectivity index (χ3n) is 5.26. The van der Waals surface area contributed by atoms with Crippen LogP contribution in [-0.4, -0.2) is 30.9 Å². The molecule has 0 bridgehead atoms. The summed E-state index contributed by atoms with van der Waals surface area (Å²) in [5.74, 6) is 0.825. The van der Waals surface area contributed by atoms with Crippen molar-refractivity contribution in [1.29, 1.82) is 0 Å². The predicted octanol–water partition coefficient (Wildman–Crippen LogP) is 3.39. The van der Waals surface area contributed by atoms with Crippen LogP contribution in [0.15, 0.2) is 53.5 Å². The Morgan fingerprint density at radius 2 is 1.85 bits per heavy atom. The van der Waals surface area contributed by atoms with Gasteiger partial charge < -0.3 is 10.5 Å². The lowest BCUT2D eigenvalue weighted by molar-refractivity contribution is -0.134. The third-order valence-corrected chi connectivity index (χ3v) is 5.26. The van der Waals surface area contributed by atoms with E-state index in [0.29, 0.717) is 6.42 Å². The van der Waals surface area contributed by atoms with Gasteiger partial charge in [-0.3, -0.25) is 9.69 Å². The highest BCUT2D eigenvalue weighted by molar-refractivity contribution is 6.00. The van der Waals surface area contributed by atoms with Crippen LogP contribution in [0.5, 0.6) is 5.75 Å². The summed E-state index contributed by atoms with van der Waals surface area (Å²) in [7, 11) is 3.33. The standard InChI is InChI=1S/C21H25N3O2/c1-5-18-19(25)24(3)20(22)23-21(18,2)16-10-6-8-14(12-16)15-9-7-11-17(13-15)26-4/h6-13,18H,5H2,1-4H3,(H2,22,23)/t18-,21+/m0/s1. The van der Waals surface area contributed by atoms with Crippen LogP contribution >= 0.6 is 0 Å². The van der Waals surface area contributed by atoms with Gasteiger partial charge in [-0.2, -0.15) is 0 Å². The van der Waals surface area contributed by atoms with Crippen molar-refractivity contribution in [2.45, 2.75) is 25.8 Å². The van der Waals surface area contributed by atoms with Gasteiger partial charge in [-0.15, -0.1) is 0 Å². The highest BCUT2D eigenvalue weighted by Gasteiger charge is 2.45. The molecule has 1 aliphatic heterocycles. The summed E-state index contributed by atoms with van der Waals surface area (Å²) in [6.45, 7) is 4.00. The lowest BCUT2D eigenvalue weighted by Crippen LogP contribution is -2.53. The molecular weight excluding hydrogens is 326 g/mol. The van der Waals surface area contributed by atoms with Crippen LogP contribution in [-0.2, 0) is 10.3 Å². The van der Waals surface area contributed by atoms with Gasteiger partial charge in [0, 0.05) is 7.05 Å². The van der Waals surface area contributed by atoms with Crippen molar-refractivity contribution in [3.63, 3.8) is 0 Å². The molecule has 0 saturated carbocycles. The smallest absolute Gasteiger partial charge is 0.234 e. The number of nitrogens with zero attached hydrogens (tertiary/aromatic N) is 2. The number of amides is 1. The molecule has 136 valence electrons. The second kappa shape index (κ2) is 6.83. The lowest BCUT2D eigenvalue weighted by atomic mass is 9.76. The van der Waals surface area contributed by atoms with Crippen LogP contribution in [0.4, 0.5) is 0 Å². The van der Waals surface area contributed by atoms with E-state index in [9.17, 15) is 4.79 Å². The van der Waals surface area contributed by atoms with Gasteiger partial charge in [0.05, 0.1) is 18.6 Å². The molecule has 5 nitrogen and oxygen atoms in total. The molecule has 0 saturated heterocycles. The van der Waals surface area contributed by atoms with Crippen molar-refractivity contribution in [3.8, 4) is 16.9 Å². The highest BCUT2D eigenvalue weighted by Crippen LogP contribution is 2.40. The monoisotopic (exact) mass is 351 g/mol. The average molecular weight is 351 g/mol. The molecule has 2 atom stereocenters. The SMILES string of the molecule is CC[C@H]1C(=O)N(C)C(N)=N[C@]1(C)c1cccc(-c2cccc(OC)c2)c1. The van der Waals surface area contributed by atoms with E-state index in [2.05, 4.69) is 6.07 Å². The van der Waals surface area contributed by atoms with E-state index in [0.717, 1.165) is 22.4 Å². The third kappa shape index (κ3) is 2.94. The van der Waals surface area contributed by atoms with Gasteiger partial charge >= 0.3 is 0 Å². The molecule has 2 aromatic rings. The molecule has 1 amide bonds. The van der Waals surface area contributed by atoms with Crippen LogP contribution in [0.25, 0.3) is 11.1 Å². The number of nitrogens with two attached hydrogens (primary N) is 1. The fraction of sp³-hybridized carbons (Fsp3) is 0.333. The van der Waals surface area contributed by atoms with Gasteiger partial charge in [0.25, 0.3) is 0 Å². The van der Waals surface area contributed by atoms with Gasteiger partial charge in [-0.25, -0.2) is 4.99 Å². The Balaban J connectivity index is 2.10. The molecule has 0 radical (unpaired) electrons. The zero-order valence-electron chi connectivity index (χ0n) is 15.7. The molecule has 0 aliphatic carbocycles. The summed E-state index contributed by atoms with van der Waals surface area (Å²) < 4.78 is 5.33. The zero-order valence-corrected chi connectivity index (χ0v) is 15.7. The van der Waals surface area contributed by atoms with E-state index in [4.69, 9.17) is 15.5 Å². The Labute approximate surface area is 154 Å². The van der Waals surface area contributed by atoms with Crippen molar-refractivity contribution >= 4 is 11.9 Å². The number of carbonyl (C=O) groups excluding carboxylic acids is 1. The average Bonchev–Trinajstić information content (AvgIpc) is 2.67. The Morgan fingerprint density at radius 3 is 2.50 bits per heavy atom. The van der Waals surface area contributed by atoms with E-state index in [1.807, 2.05) is 56.3 Å². The molecule has 2 aromatic carbocycles. The quantitative estimate of drug-likeness (QED) is 0.918. The number of hydrogen-bond acceptors (Lipinski definition) is 4. The summed E-state index contributed by atoms with van der Waals surface area (Å²) >= 11 is 0. The summed E-state index contributed by atoms with van der Waals surface area (Å²) in [5.41, 5.74) is 8.43. The van der Waals surface area contributed by atoms with Gasteiger partial charge in [-0.05, 0) is 48.2 Å². The highest BCUT2D eigenvalue weighted by atomic mass is 16.5. The molecule has 1 aliphatic rings. The van der Waals surface area contributed by atoms with Crippen molar-refractivity contribution in [1.82, 2.24) is 4.90 Å². The Bertz CT molecular complexity index is 862. The maximum atomic E-state index is 12.7. The van der Waals surface area contributed by atoms with Crippen molar-refractivity contribution in [2.24, 2.45) is 16.6 Å². The molecular formula is C21H25N3O2. The summed E-state index contributed by atoms with van der Waals surface area (Å²) in [6, 6.07) is 16.1. The van der Waals surface area contributed by atoms with Gasteiger partial charge in [0.2, 0.25) is 5.91 Å². The maximum absolute atomic E-state index is 12.7. The molecule has 0 unspecified atom stereocenters. The fourth-order valence-corrected chi connectivity index (χ4v) is 3.63. The number of ether oxygens (including phenoxy) is 1. The number of carbonyl (C=O) groups is 1. The predicted molar refractivity (Wildman–Crippen MR) is 104 cm³/mol. The summed E-state index contributed by atoms with van der Waals surface area (Å²) in [4.78, 5) is 18.9. The van der Waals surface area contributed by atoms with Crippen LogP contribution < -0.4 is 10.5 Å². The molecule has 1 heterocycles. The second-order valence-electron chi connectivity index (χ2n) is 6.79. The molecule has 26 heavy (non-hydrogen) atoms. The van der Waals surface area contributed by atoms with Crippen LogP contribution in [0.2, 0.25) is 0 Å². The minimum atomic E-state index is -0.683.